The monoisotopic (exact) mass is 216 g/mol. The Kier molecular flexibility index (Phi) is 2.68. The quantitative estimate of drug-likeness (QED) is 0.821. The molecule has 0 unspecified atom stereocenters. The van der Waals surface area contributed by atoms with E-state index < -0.39 is 5.92 Å². The van der Waals surface area contributed by atoms with Gasteiger partial charge in [0.1, 0.15) is 12.2 Å². The summed E-state index contributed by atoms with van der Waals surface area (Å²) in [4.78, 5) is 0. The van der Waals surface area contributed by atoms with E-state index in [0.29, 0.717) is 18.9 Å². The van der Waals surface area contributed by atoms with Crippen LogP contribution in [0.25, 0.3) is 0 Å². The molecule has 0 bridgehead atoms. The highest BCUT2D eigenvalue weighted by Crippen LogP contribution is 2.47. The van der Waals surface area contributed by atoms with Gasteiger partial charge in [0.05, 0.1) is 0 Å². The third-order valence-electron chi connectivity index (χ3n) is 2.70. The largest absolute Gasteiger partial charge is 0.330 e. The first-order chi connectivity index (χ1) is 7.12. The Labute approximate surface area is 86.5 Å². The zero-order valence-electron chi connectivity index (χ0n) is 8.37. The molecule has 0 spiro atoms. The molecule has 2 rings (SSSR count). The Morgan fingerprint density at radius 1 is 1.53 bits per heavy atom. The third-order valence-corrected chi connectivity index (χ3v) is 2.70. The summed E-state index contributed by atoms with van der Waals surface area (Å²) >= 11 is 0. The molecule has 1 aromatic rings. The number of rotatable bonds is 4. The van der Waals surface area contributed by atoms with Crippen molar-refractivity contribution in [3.05, 3.63) is 12.2 Å². The van der Waals surface area contributed by atoms with Gasteiger partial charge in [-0.1, -0.05) is 0 Å². The molecule has 0 atom stereocenters. The fourth-order valence-corrected chi connectivity index (χ4v) is 1.86. The maximum atomic E-state index is 12.7. The van der Waals surface area contributed by atoms with Gasteiger partial charge >= 0.3 is 0 Å². The van der Waals surface area contributed by atoms with Crippen LogP contribution in [0.4, 0.5) is 8.78 Å². The third kappa shape index (κ3) is 2.14. The van der Waals surface area contributed by atoms with Crippen molar-refractivity contribution in [2.75, 3.05) is 6.54 Å². The summed E-state index contributed by atoms with van der Waals surface area (Å²) < 4.78 is 27.2. The molecule has 0 amide bonds. The van der Waals surface area contributed by atoms with Crippen LogP contribution in [0, 0.1) is 0 Å². The van der Waals surface area contributed by atoms with Gasteiger partial charge in [-0.2, -0.15) is 0 Å². The first-order valence-electron chi connectivity index (χ1n) is 5.08. The van der Waals surface area contributed by atoms with Crippen LogP contribution >= 0.6 is 0 Å². The molecular weight excluding hydrogens is 202 g/mol. The number of aryl methyl sites for hydroxylation is 1. The molecule has 1 aliphatic carbocycles. The molecule has 15 heavy (non-hydrogen) atoms. The number of nitrogens with zero attached hydrogens (tertiary/aromatic N) is 3. The molecule has 0 aliphatic heterocycles. The summed E-state index contributed by atoms with van der Waals surface area (Å²) in [5, 5.41) is 7.65. The van der Waals surface area contributed by atoms with E-state index in [-0.39, 0.29) is 18.8 Å². The minimum absolute atomic E-state index is 0.103. The Hall–Kier alpha value is -1.04. The summed E-state index contributed by atoms with van der Waals surface area (Å²) in [6.45, 7) is 1.29. The highest BCUT2D eigenvalue weighted by atomic mass is 19.3. The SMILES string of the molecule is NCCCn1cnnc1C1CC(F)(F)C1. The smallest absolute Gasteiger partial charge is 0.249 e. The number of aromatic nitrogens is 3. The molecule has 2 N–H and O–H groups in total. The maximum absolute atomic E-state index is 12.7. The molecule has 1 aliphatic rings. The fraction of sp³-hybridized carbons (Fsp3) is 0.778. The Bertz CT molecular complexity index is 329. The lowest BCUT2D eigenvalue weighted by Crippen LogP contribution is -2.35. The van der Waals surface area contributed by atoms with Crippen molar-refractivity contribution in [3.8, 4) is 0 Å². The molecule has 1 fully saturated rings. The van der Waals surface area contributed by atoms with Crippen molar-refractivity contribution in [1.82, 2.24) is 14.8 Å². The predicted octanol–water partition coefficient (Wildman–Crippen LogP) is 1.14. The molecule has 84 valence electrons. The number of nitrogens with two attached hydrogens (primary N) is 1. The van der Waals surface area contributed by atoms with Gasteiger partial charge in [-0.25, -0.2) is 8.78 Å². The first-order valence-corrected chi connectivity index (χ1v) is 5.08. The maximum Gasteiger partial charge on any atom is 0.249 e. The number of hydrogen-bond donors (Lipinski definition) is 1. The summed E-state index contributed by atoms with van der Waals surface area (Å²) in [6, 6.07) is 0. The van der Waals surface area contributed by atoms with Crippen LogP contribution in [0.2, 0.25) is 0 Å². The molecule has 6 heteroatoms. The van der Waals surface area contributed by atoms with Gasteiger partial charge in [0.2, 0.25) is 5.92 Å². The van der Waals surface area contributed by atoms with Gasteiger partial charge in [-0.15, -0.1) is 10.2 Å². The molecule has 1 heterocycles. The minimum atomic E-state index is -2.50. The van der Waals surface area contributed by atoms with Crippen LogP contribution in [0.3, 0.4) is 0 Å². The normalized spacial score (nSPS) is 20.2. The second kappa shape index (κ2) is 3.84. The van der Waals surface area contributed by atoms with Gasteiger partial charge in [0.15, 0.2) is 0 Å². The lowest BCUT2D eigenvalue weighted by molar-refractivity contribution is -0.0891. The van der Waals surface area contributed by atoms with Gasteiger partial charge in [0, 0.05) is 25.3 Å². The van der Waals surface area contributed by atoms with Crippen molar-refractivity contribution in [2.24, 2.45) is 5.73 Å². The van der Waals surface area contributed by atoms with E-state index in [1.807, 2.05) is 4.57 Å². The van der Waals surface area contributed by atoms with Crippen LogP contribution in [-0.2, 0) is 6.54 Å². The lowest BCUT2D eigenvalue weighted by Gasteiger charge is -2.34. The first kappa shape index (κ1) is 10.5. The zero-order chi connectivity index (χ0) is 10.9. The van der Waals surface area contributed by atoms with Crippen molar-refractivity contribution in [1.29, 1.82) is 0 Å². The molecule has 0 saturated heterocycles. The number of hydrogen-bond acceptors (Lipinski definition) is 3. The van der Waals surface area contributed by atoms with Crippen molar-refractivity contribution >= 4 is 0 Å². The van der Waals surface area contributed by atoms with E-state index >= 15 is 0 Å². The topological polar surface area (TPSA) is 56.7 Å². The van der Waals surface area contributed by atoms with Crippen molar-refractivity contribution < 1.29 is 8.78 Å². The number of halogens is 2. The summed E-state index contributed by atoms with van der Waals surface area (Å²) in [5.41, 5.74) is 5.39. The van der Waals surface area contributed by atoms with E-state index in [0.717, 1.165) is 6.42 Å². The zero-order valence-corrected chi connectivity index (χ0v) is 8.37. The van der Waals surface area contributed by atoms with E-state index in [2.05, 4.69) is 10.2 Å². The van der Waals surface area contributed by atoms with Crippen LogP contribution in [0.15, 0.2) is 6.33 Å². The van der Waals surface area contributed by atoms with Crippen molar-refractivity contribution in [2.45, 2.75) is 37.6 Å². The van der Waals surface area contributed by atoms with Crippen LogP contribution in [0.1, 0.15) is 31.0 Å². The molecule has 4 nitrogen and oxygen atoms in total. The van der Waals surface area contributed by atoms with Gasteiger partial charge in [0.25, 0.3) is 0 Å². The standard InChI is InChI=1S/C9H14F2N4/c10-9(11)4-7(5-9)8-14-13-6-15(8)3-1-2-12/h6-7H,1-5,12H2. The van der Waals surface area contributed by atoms with E-state index in [9.17, 15) is 8.78 Å². The molecular formula is C9H14F2N4. The average molecular weight is 216 g/mol. The predicted molar refractivity (Wildman–Crippen MR) is 50.6 cm³/mol. The lowest BCUT2D eigenvalue weighted by atomic mass is 9.81. The number of alkyl halides is 2. The van der Waals surface area contributed by atoms with Gasteiger partial charge in [-0.05, 0) is 13.0 Å². The van der Waals surface area contributed by atoms with Crippen molar-refractivity contribution in [3.63, 3.8) is 0 Å². The van der Waals surface area contributed by atoms with E-state index in [4.69, 9.17) is 5.73 Å². The second-order valence-electron chi connectivity index (χ2n) is 3.99. The summed E-state index contributed by atoms with van der Waals surface area (Å²) in [6.07, 6.45) is 2.19. The Balaban J connectivity index is 2.00. The molecule has 1 aromatic heterocycles. The highest BCUT2D eigenvalue weighted by molar-refractivity contribution is 5.06. The second-order valence-corrected chi connectivity index (χ2v) is 3.99. The van der Waals surface area contributed by atoms with E-state index in [1.165, 1.54) is 0 Å². The van der Waals surface area contributed by atoms with E-state index in [1.54, 1.807) is 6.33 Å². The molecule has 0 radical (unpaired) electrons. The minimum Gasteiger partial charge on any atom is -0.330 e. The van der Waals surface area contributed by atoms with Crippen LogP contribution < -0.4 is 5.73 Å². The van der Waals surface area contributed by atoms with Crippen LogP contribution in [-0.4, -0.2) is 27.2 Å². The summed E-state index contributed by atoms with van der Waals surface area (Å²) in [7, 11) is 0. The van der Waals surface area contributed by atoms with Gasteiger partial charge < -0.3 is 10.3 Å². The Morgan fingerprint density at radius 3 is 2.87 bits per heavy atom. The van der Waals surface area contributed by atoms with Gasteiger partial charge in [-0.3, -0.25) is 0 Å². The Morgan fingerprint density at radius 2 is 2.27 bits per heavy atom. The summed E-state index contributed by atoms with van der Waals surface area (Å²) in [5.74, 6) is -1.97. The fourth-order valence-electron chi connectivity index (χ4n) is 1.86. The average Bonchev–Trinajstić information content (AvgIpc) is 2.58. The molecule has 1 saturated carbocycles. The molecule has 0 aromatic carbocycles. The highest BCUT2D eigenvalue weighted by Gasteiger charge is 2.47. The van der Waals surface area contributed by atoms with Crippen LogP contribution in [0.5, 0.6) is 0 Å².